The van der Waals surface area contributed by atoms with E-state index in [1.165, 1.54) is 32.1 Å². The highest BCUT2D eigenvalue weighted by Crippen LogP contribution is 2.51. The van der Waals surface area contributed by atoms with Crippen LogP contribution in [0.5, 0.6) is 11.5 Å². The number of nitrogens with one attached hydrogen (secondary N) is 1. The summed E-state index contributed by atoms with van der Waals surface area (Å²) in [6.07, 6.45) is 9.33. The van der Waals surface area contributed by atoms with E-state index in [0.717, 1.165) is 47.9 Å². The maximum absolute atomic E-state index is 13.1. The van der Waals surface area contributed by atoms with Gasteiger partial charge in [0.05, 0.1) is 5.41 Å². The molecule has 2 saturated carbocycles. The molecule has 5 heteroatoms. The van der Waals surface area contributed by atoms with Crippen LogP contribution in [0.4, 0.5) is 5.82 Å². The molecule has 0 bridgehead atoms. The molecule has 1 aromatic carbocycles. The maximum atomic E-state index is 13.1. The highest BCUT2D eigenvalue weighted by Gasteiger charge is 2.51. The van der Waals surface area contributed by atoms with Crippen molar-refractivity contribution in [2.75, 3.05) is 12.1 Å². The predicted molar refractivity (Wildman–Crippen MR) is 107 cm³/mol. The molecule has 28 heavy (non-hydrogen) atoms. The van der Waals surface area contributed by atoms with Crippen molar-refractivity contribution in [1.29, 1.82) is 0 Å². The van der Waals surface area contributed by atoms with Crippen molar-refractivity contribution in [1.82, 2.24) is 4.98 Å². The largest absolute Gasteiger partial charge is 0.454 e. The standard InChI is InChI=1S/C23H26N2O3/c26-22(23(11-12-23)17-9-10-19-20(14-17)28-15-27-19)25-21-8-4-7-18(24-21)13-16-5-2-1-3-6-16/h4,7-10,14,16H,1-3,5-6,11-13,15H2,(H,24,25,26). The van der Waals surface area contributed by atoms with Gasteiger partial charge in [0.25, 0.3) is 0 Å². The number of benzene rings is 1. The third-order valence-corrected chi connectivity index (χ3v) is 6.38. The van der Waals surface area contributed by atoms with Crippen molar-refractivity contribution >= 4 is 11.7 Å². The third kappa shape index (κ3) is 3.34. The molecule has 5 rings (SSSR count). The number of hydrogen-bond acceptors (Lipinski definition) is 4. The Morgan fingerprint density at radius 1 is 1.07 bits per heavy atom. The lowest BCUT2D eigenvalue weighted by atomic mass is 9.86. The number of carbonyl (C=O) groups is 1. The summed E-state index contributed by atoms with van der Waals surface area (Å²) in [5.41, 5.74) is 1.60. The highest BCUT2D eigenvalue weighted by atomic mass is 16.7. The normalized spacial score (nSPS) is 20.0. The van der Waals surface area contributed by atoms with Gasteiger partial charge in [-0.3, -0.25) is 4.79 Å². The van der Waals surface area contributed by atoms with E-state index < -0.39 is 5.41 Å². The van der Waals surface area contributed by atoms with Gasteiger partial charge in [0.15, 0.2) is 11.5 Å². The summed E-state index contributed by atoms with van der Waals surface area (Å²) in [4.78, 5) is 17.8. The minimum atomic E-state index is -0.470. The first-order valence-corrected chi connectivity index (χ1v) is 10.4. The fraction of sp³-hybridized carbons (Fsp3) is 0.478. The number of rotatable bonds is 5. The van der Waals surface area contributed by atoms with Crippen LogP contribution >= 0.6 is 0 Å². The number of amides is 1. The van der Waals surface area contributed by atoms with Crippen molar-refractivity contribution in [3.8, 4) is 11.5 Å². The number of carbonyl (C=O) groups excluding carboxylic acids is 1. The average molecular weight is 378 g/mol. The summed E-state index contributed by atoms with van der Waals surface area (Å²) >= 11 is 0. The topological polar surface area (TPSA) is 60.5 Å². The van der Waals surface area contributed by atoms with E-state index in [4.69, 9.17) is 14.5 Å². The van der Waals surface area contributed by atoms with Gasteiger partial charge < -0.3 is 14.8 Å². The Bertz CT molecular complexity index is 885. The first kappa shape index (κ1) is 17.5. The zero-order valence-corrected chi connectivity index (χ0v) is 16.1. The highest BCUT2D eigenvalue weighted by molar-refractivity contribution is 6.01. The van der Waals surface area contributed by atoms with E-state index in [-0.39, 0.29) is 12.7 Å². The molecule has 0 atom stereocenters. The van der Waals surface area contributed by atoms with Crippen molar-refractivity contribution in [3.63, 3.8) is 0 Å². The molecule has 1 aromatic heterocycles. The van der Waals surface area contributed by atoms with E-state index in [2.05, 4.69) is 11.4 Å². The first-order chi connectivity index (χ1) is 13.7. The summed E-state index contributed by atoms with van der Waals surface area (Å²) in [7, 11) is 0. The van der Waals surface area contributed by atoms with Gasteiger partial charge in [-0.25, -0.2) is 4.98 Å². The molecule has 1 amide bonds. The van der Waals surface area contributed by atoms with Gasteiger partial charge >= 0.3 is 0 Å². The van der Waals surface area contributed by atoms with Crippen molar-refractivity contribution < 1.29 is 14.3 Å². The van der Waals surface area contributed by atoms with Crippen LogP contribution in [0.1, 0.15) is 56.2 Å². The van der Waals surface area contributed by atoms with Gasteiger partial charge in [0, 0.05) is 5.69 Å². The second kappa shape index (κ2) is 7.12. The van der Waals surface area contributed by atoms with Crippen LogP contribution in [0.25, 0.3) is 0 Å². The zero-order valence-electron chi connectivity index (χ0n) is 16.1. The Kier molecular flexibility index (Phi) is 4.46. The SMILES string of the molecule is O=C(Nc1cccc(CC2CCCCC2)n1)C1(c2ccc3c(c2)OCO3)CC1. The molecule has 1 aliphatic heterocycles. The van der Waals surface area contributed by atoms with E-state index in [0.29, 0.717) is 5.82 Å². The summed E-state index contributed by atoms with van der Waals surface area (Å²) in [6, 6.07) is 11.8. The summed E-state index contributed by atoms with van der Waals surface area (Å²) in [5, 5.41) is 3.07. The Morgan fingerprint density at radius 3 is 2.71 bits per heavy atom. The van der Waals surface area contributed by atoms with E-state index in [9.17, 15) is 4.79 Å². The van der Waals surface area contributed by atoms with Gasteiger partial charge in [-0.15, -0.1) is 0 Å². The molecule has 2 aliphatic carbocycles. The number of pyridine rings is 1. The number of anilines is 1. The number of ether oxygens (including phenoxy) is 2. The zero-order chi connectivity index (χ0) is 19.0. The number of aromatic nitrogens is 1. The number of hydrogen-bond donors (Lipinski definition) is 1. The molecule has 2 heterocycles. The quantitative estimate of drug-likeness (QED) is 0.826. The van der Waals surface area contributed by atoms with Crippen LogP contribution in [0, 0.1) is 5.92 Å². The van der Waals surface area contributed by atoms with E-state index >= 15 is 0 Å². The Morgan fingerprint density at radius 2 is 1.89 bits per heavy atom. The molecular weight excluding hydrogens is 352 g/mol. The monoisotopic (exact) mass is 378 g/mol. The molecular formula is C23H26N2O3. The van der Waals surface area contributed by atoms with Crippen molar-refractivity contribution in [2.24, 2.45) is 5.92 Å². The van der Waals surface area contributed by atoms with Crippen LogP contribution in [-0.2, 0) is 16.6 Å². The smallest absolute Gasteiger partial charge is 0.236 e. The Hall–Kier alpha value is -2.56. The lowest BCUT2D eigenvalue weighted by Crippen LogP contribution is -2.28. The first-order valence-electron chi connectivity index (χ1n) is 10.4. The lowest BCUT2D eigenvalue weighted by Gasteiger charge is -2.21. The minimum absolute atomic E-state index is 0.0219. The summed E-state index contributed by atoms with van der Waals surface area (Å²) in [6.45, 7) is 0.246. The minimum Gasteiger partial charge on any atom is -0.454 e. The van der Waals surface area contributed by atoms with Gasteiger partial charge in [-0.2, -0.15) is 0 Å². The predicted octanol–water partition coefficient (Wildman–Crippen LogP) is 4.60. The summed E-state index contributed by atoms with van der Waals surface area (Å²) in [5.74, 6) is 2.89. The fourth-order valence-electron chi connectivity index (χ4n) is 4.55. The van der Waals surface area contributed by atoms with Gasteiger partial charge in [-0.05, 0) is 55.0 Å². The van der Waals surface area contributed by atoms with Crippen molar-refractivity contribution in [3.05, 3.63) is 47.7 Å². The van der Waals surface area contributed by atoms with Crippen LogP contribution in [-0.4, -0.2) is 17.7 Å². The average Bonchev–Trinajstić information content (AvgIpc) is 3.40. The van der Waals surface area contributed by atoms with E-state index in [1.54, 1.807) is 0 Å². The van der Waals surface area contributed by atoms with Gasteiger partial charge in [0.2, 0.25) is 12.7 Å². The van der Waals surface area contributed by atoms with Crippen LogP contribution < -0.4 is 14.8 Å². The Labute approximate surface area is 165 Å². The maximum Gasteiger partial charge on any atom is 0.236 e. The second-order valence-electron chi connectivity index (χ2n) is 8.33. The molecule has 0 saturated heterocycles. The molecule has 3 aliphatic rings. The molecule has 5 nitrogen and oxygen atoms in total. The summed E-state index contributed by atoms with van der Waals surface area (Å²) < 4.78 is 10.9. The van der Waals surface area contributed by atoms with E-state index in [1.807, 2.05) is 30.3 Å². The molecule has 0 unspecified atom stereocenters. The molecule has 0 spiro atoms. The Balaban J connectivity index is 1.29. The molecule has 2 fully saturated rings. The fourth-order valence-corrected chi connectivity index (χ4v) is 4.55. The lowest BCUT2D eigenvalue weighted by molar-refractivity contribution is -0.118. The molecule has 146 valence electrons. The number of fused-ring (bicyclic) bond motifs is 1. The van der Waals surface area contributed by atoms with Gasteiger partial charge in [-0.1, -0.05) is 44.2 Å². The van der Waals surface area contributed by atoms with Crippen LogP contribution in [0.15, 0.2) is 36.4 Å². The molecule has 2 aromatic rings. The molecule has 1 N–H and O–H groups in total. The van der Waals surface area contributed by atoms with Crippen LogP contribution in [0.3, 0.4) is 0 Å². The third-order valence-electron chi connectivity index (χ3n) is 6.38. The van der Waals surface area contributed by atoms with Crippen LogP contribution in [0.2, 0.25) is 0 Å². The molecule has 0 radical (unpaired) electrons. The van der Waals surface area contributed by atoms with Crippen molar-refractivity contribution in [2.45, 2.75) is 56.8 Å². The van der Waals surface area contributed by atoms with Gasteiger partial charge in [0.1, 0.15) is 5.82 Å². The second-order valence-corrected chi connectivity index (χ2v) is 8.33. The number of nitrogens with zero attached hydrogens (tertiary/aromatic N) is 1.